The molecule has 0 aromatic heterocycles. The normalized spacial score (nSPS) is 21.7. The van der Waals surface area contributed by atoms with Crippen LogP contribution in [0.5, 0.6) is 5.75 Å². The van der Waals surface area contributed by atoms with E-state index in [1.165, 1.54) is 18.6 Å². The average Bonchev–Trinajstić information content (AvgIpc) is 2.85. The SMILES string of the molecule is CCOc1ccc(N2C3=[N+](CCCCC3)C[C@@]2(O)c2ccc([N+](=O)[O-])cc2)cc1. The number of ether oxygens (including phenoxy) is 1. The number of hydrogen-bond donors (Lipinski definition) is 1. The molecule has 29 heavy (non-hydrogen) atoms. The number of non-ortho nitro benzene ring substituents is 1. The lowest BCUT2D eigenvalue weighted by Gasteiger charge is -2.29. The maximum absolute atomic E-state index is 11.9. The van der Waals surface area contributed by atoms with Crippen molar-refractivity contribution >= 4 is 17.2 Å². The molecule has 7 nitrogen and oxygen atoms in total. The fourth-order valence-corrected chi connectivity index (χ4v) is 4.31. The Morgan fingerprint density at radius 1 is 1.14 bits per heavy atom. The Hall–Kier alpha value is -2.93. The van der Waals surface area contributed by atoms with Gasteiger partial charge in [-0.1, -0.05) is 0 Å². The van der Waals surface area contributed by atoms with Gasteiger partial charge < -0.3 is 9.84 Å². The largest absolute Gasteiger partial charge is 0.494 e. The van der Waals surface area contributed by atoms with Crippen molar-refractivity contribution in [1.29, 1.82) is 0 Å². The summed E-state index contributed by atoms with van der Waals surface area (Å²) < 4.78 is 7.82. The van der Waals surface area contributed by atoms with Gasteiger partial charge in [-0.05, 0) is 62.6 Å². The zero-order valence-electron chi connectivity index (χ0n) is 16.6. The third-order valence-corrected chi connectivity index (χ3v) is 5.68. The standard InChI is InChI=1S/C22H26N3O4/c1-2-29-20-13-11-18(12-14-20)24-21-6-4-3-5-15-23(21)16-22(24,26)17-7-9-19(10-8-17)25(27)28/h7-14,26H,2-6,15-16H2,1H3/q+1/t22-/m1/s1. The molecule has 2 aromatic rings. The molecule has 2 aliphatic rings. The summed E-state index contributed by atoms with van der Waals surface area (Å²) in [5.74, 6) is 1.89. The molecule has 0 fully saturated rings. The molecule has 0 radical (unpaired) electrons. The number of nitro benzene ring substituents is 1. The van der Waals surface area contributed by atoms with Gasteiger partial charge in [0, 0.05) is 24.1 Å². The van der Waals surface area contributed by atoms with Gasteiger partial charge in [-0.25, -0.2) is 0 Å². The third-order valence-electron chi connectivity index (χ3n) is 5.68. The van der Waals surface area contributed by atoms with Crippen LogP contribution in [0.4, 0.5) is 11.4 Å². The lowest BCUT2D eigenvalue weighted by Crippen LogP contribution is -2.47. The summed E-state index contributed by atoms with van der Waals surface area (Å²) >= 11 is 0. The van der Waals surface area contributed by atoms with Crippen LogP contribution in [0.2, 0.25) is 0 Å². The first-order valence-electron chi connectivity index (χ1n) is 10.1. The molecular weight excluding hydrogens is 370 g/mol. The van der Waals surface area contributed by atoms with E-state index in [0.717, 1.165) is 43.1 Å². The van der Waals surface area contributed by atoms with Crippen molar-refractivity contribution in [2.45, 2.75) is 38.3 Å². The lowest BCUT2D eigenvalue weighted by molar-refractivity contribution is -0.534. The monoisotopic (exact) mass is 396 g/mol. The van der Waals surface area contributed by atoms with E-state index in [-0.39, 0.29) is 5.69 Å². The first-order valence-corrected chi connectivity index (χ1v) is 10.1. The molecule has 0 saturated heterocycles. The fraction of sp³-hybridized carbons (Fsp3) is 0.409. The van der Waals surface area contributed by atoms with Gasteiger partial charge in [0.1, 0.15) is 11.4 Å². The van der Waals surface area contributed by atoms with Gasteiger partial charge in [0.05, 0.1) is 18.1 Å². The second-order valence-corrected chi connectivity index (χ2v) is 7.53. The van der Waals surface area contributed by atoms with Crippen molar-refractivity contribution in [3.8, 4) is 5.75 Å². The zero-order valence-corrected chi connectivity index (χ0v) is 16.6. The van der Waals surface area contributed by atoms with E-state index in [9.17, 15) is 15.2 Å². The number of aliphatic hydroxyl groups is 1. The summed E-state index contributed by atoms with van der Waals surface area (Å²) in [4.78, 5) is 12.6. The van der Waals surface area contributed by atoms with Crippen LogP contribution in [-0.4, -0.2) is 40.1 Å². The quantitative estimate of drug-likeness (QED) is 0.474. The predicted molar refractivity (Wildman–Crippen MR) is 111 cm³/mol. The number of anilines is 1. The highest BCUT2D eigenvalue weighted by Crippen LogP contribution is 2.38. The highest BCUT2D eigenvalue weighted by Gasteiger charge is 2.54. The number of benzene rings is 2. The molecule has 2 heterocycles. The Kier molecular flexibility index (Phi) is 5.24. The summed E-state index contributed by atoms with van der Waals surface area (Å²) in [6, 6.07) is 14.0. The summed E-state index contributed by atoms with van der Waals surface area (Å²) in [5.41, 5.74) is 0.269. The van der Waals surface area contributed by atoms with Crippen molar-refractivity contribution in [2.75, 3.05) is 24.6 Å². The highest BCUT2D eigenvalue weighted by molar-refractivity contribution is 5.97. The van der Waals surface area contributed by atoms with Crippen molar-refractivity contribution in [1.82, 2.24) is 0 Å². The van der Waals surface area contributed by atoms with Gasteiger partial charge in [-0.2, -0.15) is 4.90 Å². The molecule has 4 rings (SSSR count). The van der Waals surface area contributed by atoms with Crippen LogP contribution < -0.4 is 9.64 Å². The zero-order chi connectivity index (χ0) is 20.4. The van der Waals surface area contributed by atoms with Crippen molar-refractivity contribution in [3.05, 3.63) is 64.2 Å². The Bertz CT molecular complexity index is 924. The molecule has 0 saturated carbocycles. The second kappa shape index (κ2) is 7.83. The third kappa shape index (κ3) is 3.58. The number of nitrogens with zero attached hydrogens (tertiary/aromatic N) is 3. The van der Waals surface area contributed by atoms with Gasteiger partial charge in [-0.3, -0.25) is 14.7 Å². The fourth-order valence-electron chi connectivity index (χ4n) is 4.31. The minimum absolute atomic E-state index is 0.0186. The maximum atomic E-state index is 11.9. The summed E-state index contributed by atoms with van der Waals surface area (Å²) in [6.07, 6.45) is 4.24. The second-order valence-electron chi connectivity index (χ2n) is 7.53. The van der Waals surface area contributed by atoms with Crippen LogP contribution in [0.25, 0.3) is 0 Å². The first-order chi connectivity index (χ1) is 14.0. The molecule has 7 heteroatoms. The molecule has 152 valence electrons. The van der Waals surface area contributed by atoms with E-state index in [0.29, 0.717) is 18.7 Å². The van der Waals surface area contributed by atoms with Crippen LogP contribution in [0.1, 0.15) is 38.2 Å². The summed E-state index contributed by atoms with van der Waals surface area (Å²) in [6.45, 7) is 3.88. The van der Waals surface area contributed by atoms with Crippen LogP contribution in [0, 0.1) is 10.1 Å². The Labute approximate surface area is 170 Å². The number of nitro groups is 1. The molecule has 0 amide bonds. The molecule has 0 unspecified atom stereocenters. The van der Waals surface area contributed by atoms with Crippen LogP contribution >= 0.6 is 0 Å². The lowest BCUT2D eigenvalue weighted by atomic mass is 9.99. The molecule has 1 N–H and O–H groups in total. The van der Waals surface area contributed by atoms with E-state index >= 15 is 0 Å². The molecule has 2 aromatic carbocycles. The first kappa shape index (κ1) is 19.4. The van der Waals surface area contributed by atoms with Crippen molar-refractivity contribution in [3.63, 3.8) is 0 Å². The van der Waals surface area contributed by atoms with Crippen molar-refractivity contribution in [2.24, 2.45) is 0 Å². The maximum Gasteiger partial charge on any atom is 0.275 e. The minimum atomic E-state index is -1.28. The van der Waals surface area contributed by atoms with Crippen LogP contribution in [0.15, 0.2) is 48.5 Å². The van der Waals surface area contributed by atoms with Crippen LogP contribution in [-0.2, 0) is 5.72 Å². The van der Waals surface area contributed by atoms with E-state index < -0.39 is 10.6 Å². The predicted octanol–water partition coefficient (Wildman–Crippen LogP) is 3.64. The molecule has 2 aliphatic heterocycles. The molecule has 1 atom stereocenters. The van der Waals surface area contributed by atoms with Gasteiger partial charge in [-0.15, -0.1) is 0 Å². The molecule has 0 bridgehead atoms. The van der Waals surface area contributed by atoms with Crippen molar-refractivity contribution < 1.29 is 19.3 Å². The van der Waals surface area contributed by atoms with Gasteiger partial charge in [0.15, 0.2) is 6.54 Å². The Balaban J connectivity index is 1.76. The Morgan fingerprint density at radius 2 is 1.86 bits per heavy atom. The minimum Gasteiger partial charge on any atom is -0.494 e. The number of rotatable bonds is 5. The topological polar surface area (TPSA) is 78.8 Å². The number of hydrogen-bond acceptors (Lipinski definition) is 5. The van der Waals surface area contributed by atoms with Gasteiger partial charge >= 0.3 is 0 Å². The summed E-state index contributed by atoms with van der Waals surface area (Å²) in [7, 11) is 0. The molecule has 0 aliphatic carbocycles. The summed E-state index contributed by atoms with van der Waals surface area (Å²) in [5, 5.41) is 22.9. The highest BCUT2D eigenvalue weighted by atomic mass is 16.6. The Morgan fingerprint density at radius 3 is 2.52 bits per heavy atom. The van der Waals surface area contributed by atoms with E-state index in [4.69, 9.17) is 4.74 Å². The molecule has 0 spiro atoms. The number of amidine groups is 1. The van der Waals surface area contributed by atoms with E-state index in [2.05, 4.69) is 4.58 Å². The molecular formula is C22H26N3O4+. The average molecular weight is 396 g/mol. The van der Waals surface area contributed by atoms with Gasteiger partial charge in [0.2, 0.25) is 0 Å². The van der Waals surface area contributed by atoms with E-state index in [1.54, 1.807) is 12.1 Å². The van der Waals surface area contributed by atoms with E-state index in [1.807, 2.05) is 36.1 Å². The smallest absolute Gasteiger partial charge is 0.275 e. The van der Waals surface area contributed by atoms with Crippen LogP contribution in [0.3, 0.4) is 0 Å². The van der Waals surface area contributed by atoms with Gasteiger partial charge in [0.25, 0.3) is 17.2 Å².